The summed E-state index contributed by atoms with van der Waals surface area (Å²) in [6.07, 6.45) is 3.95. The van der Waals surface area contributed by atoms with Crippen LogP contribution < -0.4 is 0 Å². The van der Waals surface area contributed by atoms with E-state index in [1.165, 1.54) is 5.56 Å². The highest BCUT2D eigenvalue weighted by atomic mass is 16.2. The Balaban J connectivity index is 1.38. The second-order valence-electron chi connectivity index (χ2n) is 7.52. The molecule has 1 aromatic heterocycles. The number of nitrogens with zero attached hydrogens (tertiary/aromatic N) is 3. The van der Waals surface area contributed by atoms with Crippen molar-refractivity contribution in [2.45, 2.75) is 13.8 Å². The molecular formula is C24H25N3O2. The Morgan fingerprint density at radius 2 is 1.21 bits per heavy atom. The summed E-state index contributed by atoms with van der Waals surface area (Å²) in [5, 5.41) is 0. The summed E-state index contributed by atoms with van der Waals surface area (Å²) in [7, 11) is 0. The Hall–Kier alpha value is -3.34. The molecule has 5 nitrogen and oxygen atoms in total. The van der Waals surface area contributed by atoms with Crippen molar-refractivity contribution >= 4 is 11.8 Å². The predicted octanol–water partition coefficient (Wildman–Crippen LogP) is 3.69. The van der Waals surface area contributed by atoms with E-state index in [4.69, 9.17) is 0 Å². The summed E-state index contributed by atoms with van der Waals surface area (Å²) in [5.41, 5.74) is 4.71. The van der Waals surface area contributed by atoms with Crippen molar-refractivity contribution in [3.8, 4) is 5.69 Å². The standard InChI is InChI=1S/C24H25N3O2/c1-18-5-6-21(17-19(18)2)24(29)27-15-13-26(14-16-27)23(28)20-7-9-22(10-8-20)25-11-3-4-12-25/h3-12,17H,13-16H2,1-2H3. The summed E-state index contributed by atoms with van der Waals surface area (Å²) in [4.78, 5) is 29.3. The lowest BCUT2D eigenvalue weighted by Crippen LogP contribution is -2.50. The Bertz CT molecular complexity index is 1010. The van der Waals surface area contributed by atoms with Crippen molar-refractivity contribution in [3.63, 3.8) is 0 Å². The number of rotatable bonds is 3. The molecule has 1 aliphatic heterocycles. The first-order valence-corrected chi connectivity index (χ1v) is 9.92. The van der Waals surface area contributed by atoms with E-state index < -0.39 is 0 Å². The van der Waals surface area contributed by atoms with Crippen LogP contribution >= 0.6 is 0 Å². The molecule has 0 bridgehead atoms. The molecule has 2 aromatic carbocycles. The van der Waals surface area contributed by atoms with Gasteiger partial charge >= 0.3 is 0 Å². The molecule has 0 spiro atoms. The van der Waals surface area contributed by atoms with Crippen LogP contribution in [0.1, 0.15) is 31.8 Å². The highest BCUT2D eigenvalue weighted by Crippen LogP contribution is 2.16. The summed E-state index contributed by atoms with van der Waals surface area (Å²) in [6, 6.07) is 17.4. The number of benzene rings is 2. The first-order valence-electron chi connectivity index (χ1n) is 9.92. The van der Waals surface area contributed by atoms with E-state index in [0.29, 0.717) is 37.3 Å². The number of aryl methyl sites for hydroxylation is 2. The fraction of sp³-hybridized carbons (Fsp3) is 0.250. The van der Waals surface area contributed by atoms with Gasteiger partial charge in [0.15, 0.2) is 0 Å². The van der Waals surface area contributed by atoms with Crippen LogP contribution in [-0.2, 0) is 0 Å². The van der Waals surface area contributed by atoms with Crippen molar-refractivity contribution in [2.75, 3.05) is 26.2 Å². The van der Waals surface area contributed by atoms with Gasteiger partial charge in [-0.05, 0) is 73.5 Å². The topological polar surface area (TPSA) is 45.6 Å². The van der Waals surface area contributed by atoms with Crippen LogP contribution in [0, 0.1) is 13.8 Å². The number of aromatic nitrogens is 1. The van der Waals surface area contributed by atoms with Gasteiger partial charge in [-0.2, -0.15) is 0 Å². The van der Waals surface area contributed by atoms with Crippen molar-refractivity contribution in [2.24, 2.45) is 0 Å². The molecule has 0 radical (unpaired) electrons. The lowest BCUT2D eigenvalue weighted by atomic mass is 10.1. The second kappa shape index (κ2) is 7.95. The molecule has 2 amide bonds. The van der Waals surface area contributed by atoms with Crippen LogP contribution in [-0.4, -0.2) is 52.4 Å². The maximum absolute atomic E-state index is 12.8. The van der Waals surface area contributed by atoms with Gasteiger partial charge in [-0.3, -0.25) is 9.59 Å². The molecule has 1 fully saturated rings. The van der Waals surface area contributed by atoms with E-state index in [9.17, 15) is 9.59 Å². The fourth-order valence-corrected chi connectivity index (χ4v) is 3.64. The SMILES string of the molecule is Cc1ccc(C(=O)N2CCN(C(=O)c3ccc(-n4cccc4)cc3)CC2)cc1C. The zero-order valence-electron chi connectivity index (χ0n) is 16.8. The third kappa shape index (κ3) is 3.94. The molecule has 148 valence electrons. The number of hydrogen-bond donors (Lipinski definition) is 0. The van der Waals surface area contributed by atoms with Crippen LogP contribution in [0.4, 0.5) is 0 Å². The molecule has 2 heterocycles. The largest absolute Gasteiger partial charge is 0.335 e. The predicted molar refractivity (Wildman–Crippen MR) is 113 cm³/mol. The molecule has 0 saturated carbocycles. The first-order chi connectivity index (χ1) is 14.0. The van der Waals surface area contributed by atoms with E-state index in [0.717, 1.165) is 11.3 Å². The van der Waals surface area contributed by atoms with Gasteiger partial charge in [-0.15, -0.1) is 0 Å². The zero-order chi connectivity index (χ0) is 20.4. The normalized spacial score (nSPS) is 14.1. The Morgan fingerprint density at radius 3 is 1.76 bits per heavy atom. The van der Waals surface area contributed by atoms with Gasteiger partial charge < -0.3 is 14.4 Å². The minimum Gasteiger partial charge on any atom is -0.335 e. The number of hydrogen-bond acceptors (Lipinski definition) is 2. The number of carbonyl (C=O) groups excluding carboxylic acids is 2. The monoisotopic (exact) mass is 387 g/mol. The van der Waals surface area contributed by atoms with Gasteiger partial charge in [-0.1, -0.05) is 6.07 Å². The van der Waals surface area contributed by atoms with Gasteiger partial charge in [0.05, 0.1) is 0 Å². The van der Waals surface area contributed by atoms with E-state index in [1.807, 2.05) is 95.2 Å². The average molecular weight is 387 g/mol. The fourth-order valence-electron chi connectivity index (χ4n) is 3.64. The number of carbonyl (C=O) groups is 2. The lowest BCUT2D eigenvalue weighted by molar-refractivity contribution is 0.0535. The average Bonchev–Trinajstić information content (AvgIpc) is 3.30. The molecule has 3 aromatic rings. The molecule has 1 saturated heterocycles. The van der Waals surface area contributed by atoms with E-state index >= 15 is 0 Å². The second-order valence-corrected chi connectivity index (χ2v) is 7.52. The first kappa shape index (κ1) is 19.0. The van der Waals surface area contributed by atoms with Crippen LogP contribution in [0.15, 0.2) is 67.0 Å². The third-order valence-corrected chi connectivity index (χ3v) is 5.62. The minimum atomic E-state index is 0.0161. The number of piperazine rings is 1. The van der Waals surface area contributed by atoms with Crippen molar-refractivity contribution in [1.29, 1.82) is 0 Å². The zero-order valence-corrected chi connectivity index (χ0v) is 16.8. The van der Waals surface area contributed by atoms with Gasteiger partial charge in [0.25, 0.3) is 11.8 Å². The van der Waals surface area contributed by atoms with E-state index in [2.05, 4.69) is 0 Å². The van der Waals surface area contributed by atoms with Crippen LogP contribution in [0.25, 0.3) is 5.69 Å². The molecule has 29 heavy (non-hydrogen) atoms. The van der Waals surface area contributed by atoms with Crippen molar-refractivity contribution < 1.29 is 9.59 Å². The molecule has 0 aliphatic carbocycles. The lowest BCUT2D eigenvalue weighted by Gasteiger charge is -2.35. The Morgan fingerprint density at radius 1 is 0.690 bits per heavy atom. The number of amides is 2. The molecule has 0 N–H and O–H groups in total. The van der Waals surface area contributed by atoms with E-state index in [-0.39, 0.29) is 11.8 Å². The minimum absolute atomic E-state index is 0.0161. The molecule has 1 aliphatic rings. The van der Waals surface area contributed by atoms with Crippen molar-refractivity contribution in [1.82, 2.24) is 14.4 Å². The highest BCUT2D eigenvalue weighted by Gasteiger charge is 2.25. The van der Waals surface area contributed by atoms with Gasteiger partial charge in [0.1, 0.15) is 0 Å². The molecular weight excluding hydrogens is 362 g/mol. The van der Waals surface area contributed by atoms with Gasteiger partial charge in [-0.25, -0.2) is 0 Å². The molecule has 0 unspecified atom stereocenters. The highest BCUT2D eigenvalue weighted by molar-refractivity contribution is 5.96. The van der Waals surface area contributed by atoms with E-state index in [1.54, 1.807) is 0 Å². The van der Waals surface area contributed by atoms with Gasteiger partial charge in [0.2, 0.25) is 0 Å². The summed E-state index contributed by atoms with van der Waals surface area (Å²) >= 11 is 0. The van der Waals surface area contributed by atoms with Crippen molar-refractivity contribution in [3.05, 3.63) is 89.2 Å². The summed E-state index contributed by atoms with van der Waals surface area (Å²) in [6.45, 7) is 6.27. The smallest absolute Gasteiger partial charge is 0.253 e. The molecule has 4 rings (SSSR count). The quantitative estimate of drug-likeness (QED) is 0.688. The van der Waals surface area contributed by atoms with Gasteiger partial charge in [0, 0.05) is 55.4 Å². The molecule has 5 heteroatoms. The Labute approximate surface area is 171 Å². The Kier molecular flexibility index (Phi) is 5.21. The summed E-state index contributed by atoms with van der Waals surface area (Å²) in [5.74, 6) is 0.0543. The van der Waals surface area contributed by atoms with Crippen LogP contribution in [0.3, 0.4) is 0 Å². The maximum atomic E-state index is 12.8. The van der Waals surface area contributed by atoms with Crippen LogP contribution in [0.2, 0.25) is 0 Å². The van der Waals surface area contributed by atoms with Crippen LogP contribution in [0.5, 0.6) is 0 Å². The summed E-state index contributed by atoms with van der Waals surface area (Å²) < 4.78 is 2.01. The third-order valence-electron chi connectivity index (χ3n) is 5.62. The molecule has 0 atom stereocenters. The maximum Gasteiger partial charge on any atom is 0.253 e.